The second-order valence-corrected chi connectivity index (χ2v) is 4.97. The maximum absolute atomic E-state index is 5.66. The first kappa shape index (κ1) is 11.6. The van der Waals surface area contributed by atoms with Gasteiger partial charge in [-0.25, -0.2) is 0 Å². The third kappa shape index (κ3) is 3.03. The van der Waals surface area contributed by atoms with E-state index in [9.17, 15) is 0 Å². The van der Waals surface area contributed by atoms with Crippen molar-refractivity contribution >= 4 is 23.4 Å². The van der Waals surface area contributed by atoms with Crippen LogP contribution in [0, 0.1) is 0 Å². The molecule has 0 saturated carbocycles. The fraction of sp³-hybridized carbons (Fsp3) is 0.143. The van der Waals surface area contributed by atoms with E-state index in [0.29, 0.717) is 5.88 Å². The van der Waals surface area contributed by atoms with E-state index in [1.165, 1.54) is 16.0 Å². The van der Waals surface area contributed by atoms with Crippen molar-refractivity contribution in [3.8, 4) is 11.1 Å². The Labute approximate surface area is 106 Å². The molecule has 0 aliphatic heterocycles. The molecule has 0 amide bonds. The van der Waals surface area contributed by atoms with Gasteiger partial charge in [-0.05, 0) is 23.3 Å². The Bertz CT molecular complexity index is 422. The molecule has 82 valence electrons. The third-order valence-corrected chi connectivity index (χ3v) is 3.73. The molecule has 0 heterocycles. The molecule has 0 radical (unpaired) electrons. The first-order valence-electron chi connectivity index (χ1n) is 5.24. The van der Waals surface area contributed by atoms with Gasteiger partial charge < -0.3 is 0 Å². The van der Waals surface area contributed by atoms with E-state index >= 15 is 0 Å². The van der Waals surface area contributed by atoms with Gasteiger partial charge in [0.05, 0.1) is 0 Å². The van der Waals surface area contributed by atoms with Gasteiger partial charge in [0.15, 0.2) is 0 Å². The summed E-state index contributed by atoms with van der Waals surface area (Å²) in [5, 5.41) is 0. The normalized spacial score (nSPS) is 10.3. The molecule has 0 aliphatic carbocycles. The minimum atomic E-state index is 0.700. The highest BCUT2D eigenvalue weighted by Crippen LogP contribution is 2.23. The van der Waals surface area contributed by atoms with Gasteiger partial charge in [-0.2, -0.15) is 0 Å². The van der Waals surface area contributed by atoms with Gasteiger partial charge in [-0.1, -0.05) is 42.5 Å². The summed E-state index contributed by atoms with van der Waals surface area (Å²) < 4.78 is 0. The van der Waals surface area contributed by atoms with Crippen LogP contribution in [0.3, 0.4) is 0 Å². The highest BCUT2D eigenvalue weighted by atomic mass is 35.5. The molecular formula is C14H13ClS. The number of hydrogen-bond donors (Lipinski definition) is 0. The molecule has 2 aromatic rings. The topological polar surface area (TPSA) is 0 Å². The minimum absolute atomic E-state index is 0.700. The van der Waals surface area contributed by atoms with Gasteiger partial charge in [0.2, 0.25) is 0 Å². The van der Waals surface area contributed by atoms with Crippen molar-refractivity contribution in [1.82, 2.24) is 0 Å². The summed E-state index contributed by atoms with van der Waals surface area (Å²) in [4.78, 5) is 1.28. The molecule has 2 aromatic carbocycles. The molecule has 2 heteroatoms. The average Bonchev–Trinajstić information content (AvgIpc) is 2.38. The monoisotopic (exact) mass is 248 g/mol. The zero-order valence-electron chi connectivity index (χ0n) is 8.90. The van der Waals surface area contributed by atoms with E-state index in [0.717, 1.165) is 5.75 Å². The zero-order valence-corrected chi connectivity index (χ0v) is 10.5. The van der Waals surface area contributed by atoms with Crippen LogP contribution in [0.2, 0.25) is 0 Å². The quantitative estimate of drug-likeness (QED) is 0.559. The smallest absolute Gasteiger partial charge is 0.0317 e. The predicted molar refractivity (Wildman–Crippen MR) is 73.3 cm³/mol. The van der Waals surface area contributed by atoms with Crippen molar-refractivity contribution in [2.24, 2.45) is 0 Å². The van der Waals surface area contributed by atoms with Crippen LogP contribution in [-0.2, 0) is 0 Å². The summed E-state index contributed by atoms with van der Waals surface area (Å²) in [6, 6.07) is 19.0. The third-order valence-electron chi connectivity index (χ3n) is 2.31. The summed E-state index contributed by atoms with van der Waals surface area (Å²) in [6.07, 6.45) is 0. The van der Waals surface area contributed by atoms with Gasteiger partial charge in [-0.3, -0.25) is 0 Å². The number of rotatable bonds is 4. The minimum Gasteiger partial charge on any atom is -0.126 e. The predicted octanol–water partition coefficient (Wildman–Crippen LogP) is 4.68. The highest BCUT2D eigenvalue weighted by Gasteiger charge is 1.97. The molecule has 0 nitrogen and oxygen atoms in total. The van der Waals surface area contributed by atoms with Crippen molar-refractivity contribution < 1.29 is 0 Å². The van der Waals surface area contributed by atoms with Gasteiger partial charge in [-0.15, -0.1) is 23.4 Å². The summed E-state index contributed by atoms with van der Waals surface area (Å²) in [5.41, 5.74) is 2.52. The first-order valence-corrected chi connectivity index (χ1v) is 6.76. The Morgan fingerprint density at radius 3 is 2.06 bits per heavy atom. The van der Waals surface area contributed by atoms with Crippen LogP contribution in [0.4, 0.5) is 0 Å². The average molecular weight is 249 g/mol. The summed E-state index contributed by atoms with van der Waals surface area (Å²) in [6.45, 7) is 0. The Hall–Kier alpha value is -0.920. The molecule has 0 spiro atoms. The van der Waals surface area contributed by atoms with Crippen molar-refractivity contribution in [2.75, 3.05) is 11.6 Å². The lowest BCUT2D eigenvalue weighted by Gasteiger charge is -2.03. The number of alkyl halides is 1. The van der Waals surface area contributed by atoms with E-state index in [2.05, 4.69) is 48.5 Å². The van der Waals surface area contributed by atoms with Crippen LogP contribution in [-0.4, -0.2) is 11.6 Å². The molecule has 2 rings (SSSR count). The lowest BCUT2D eigenvalue weighted by molar-refractivity contribution is 1.43. The molecule has 16 heavy (non-hydrogen) atoms. The van der Waals surface area contributed by atoms with Crippen molar-refractivity contribution in [3.63, 3.8) is 0 Å². The number of thioether (sulfide) groups is 1. The summed E-state index contributed by atoms with van der Waals surface area (Å²) in [7, 11) is 0. The van der Waals surface area contributed by atoms with Crippen molar-refractivity contribution in [1.29, 1.82) is 0 Å². The van der Waals surface area contributed by atoms with Crippen LogP contribution < -0.4 is 0 Å². The lowest BCUT2D eigenvalue weighted by Crippen LogP contribution is -1.80. The molecular weight excluding hydrogens is 236 g/mol. The highest BCUT2D eigenvalue weighted by molar-refractivity contribution is 7.99. The molecule has 0 saturated heterocycles. The molecule has 0 aliphatic rings. The van der Waals surface area contributed by atoms with Gasteiger partial charge in [0, 0.05) is 16.5 Å². The van der Waals surface area contributed by atoms with Crippen LogP contribution in [0.25, 0.3) is 11.1 Å². The van der Waals surface area contributed by atoms with E-state index in [1.807, 2.05) is 6.07 Å². The standard InChI is InChI=1S/C14H13ClS/c15-10-11-16-14-8-6-13(7-9-14)12-4-2-1-3-5-12/h1-9H,10-11H2. The Kier molecular flexibility index (Phi) is 4.32. The van der Waals surface area contributed by atoms with E-state index in [-0.39, 0.29) is 0 Å². The van der Waals surface area contributed by atoms with Crippen LogP contribution in [0.1, 0.15) is 0 Å². The molecule has 0 unspecified atom stereocenters. The number of halogens is 1. The lowest BCUT2D eigenvalue weighted by atomic mass is 10.1. The number of benzene rings is 2. The first-order chi connectivity index (χ1) is 7.90. The van der Waals surface area contributed by atoms with Crippen LogP contribution in [0.5, 0.6) is 0 Å². The van der Waals surface area contributed by atoms with E-state index < -0.39 is 0 Å². The molecule has 0 N–H and O–H groups in total. The molecule has 0 aromatic heterocycles. The molecule has 0 fully saturated rings. The Morgan fingerprint density at radius 2 is 1.44 bits per heavy atom. The SMILES string of the molecule is ClCCSc1ccc(-c2ccccc2)cc1. The Balaban J connectivity index is 2.13. The van der Waals surface area contributed by atoms with Crippen molar-refractivity contribution in [3.05, 3.63) is 54.6 Å². The van der Waals surface area contributed by atoms with Gasteiger partial charge in [0.1, 0.15) is 0 Å². The van der Waals surface area contributed by atoms with Gasteiger partial charge >= 0.3 is 0 Å². The van der Waals surface area contributed by atoms with E-state index in [1.54, 1.807) is 11.8 Å². The molecule has 0 atom stereocenters. The van der Waals surface area contributed by atoms with E-state index in [4.69, 9.17) is 11.6 Å². The Morgan fingerprint density at radius 1 is 0.812 bits per heavy atom. The van der Waals surface area contributed by atoms with Crippen LogP contribution in [0.15, 0.2) is 59.5 Å². The second-order valence-electron chi connectivity index (χ2n) is 3.43. The maximum Gasteiger partial charge on any atom is 0.0317 e. The largest absolute Gasteiger partial charge is 0.126 e. The number of hydrogen-bond acceptors (Lipinski definition) is 1. The maximum atomic E-state index is 5.66. The fourth-order valence-corrected chi connectivity index (χ4v) is 2.40. The van der Waals surface area contributed by atoms with Crippen LogP contribution >= 0.6 is 23.4 Å². The summed E-state index contributed by atoms with van der Waals surface area (Å²) >= 11 is 7.45. The second kappa shape index (κ2) is 5.97. The fourth-order valence-electron chi connectivity index (χ4n) is 1.53. The zero-order chi connectivity index (χ0) is 11.2. The summed E-state index contributed by atoms with van der Waals surface area (Å²) in [5.74, 6) is 1.66. The van der Waals surface area contributed by atoms with Crippen molar-refractivity contribution in [2.45, 2.75) is 4.90 Å². The molecule has 0 bridgehead atoms. The van der Waals surface area contributed by atoms with Gasteiger partial charge in [0.25, 0.3) is 0 Å².